The fourth-order valence-corrected chi connectivity index (χ4v) is 0.808. The molecular formula is C6H15NO3. The Kier molecular flexibility index (Phi) is 3.81. The quantitative estimate of drug-likeness (QED) is 0.568. The highest BCUT2D eigenvalue weighted by molar-refractivity contribution is 4.67. The molecule has 0 aliphatic heterocycles. The molecule has 0 heterocycles. The number of hydrogen-bond acceptors (Lipinski definition) is 4. The Morgan fingerprint density at radius 1 is 1.10 bits per heavy atom. The van der Waals surface area contributed by atoms with E-state index >= 15 is 0 Å². The van der Waals surface area contributed by atoms with Crippen LogP contribution >= 0.6 is 0 Å². The molecule has 0 saturated carbocycles. The van der Waals surface area contributed by atoms with Gasteiger partial charge in [-0.25, -0.2) is 0 Å². The van der Waals surface area contributed by atoms with Crippen LogP contribution in [0.1, 0.15) is 6.92 Å². The van der Waals surface area contributed by atoms with Crippen LogP contribution in [0.3, 0.4) is 0 Å². The smallest absolute Gasteiger partial charge is 0.297 e. The number of ether oxygens (including phenoxy) is 3. The van der Waals surface area contributed by atoms with Crippen molar-refractivity contribution in [2.24, 2.45) is 5.73 Å². The van der Waals surface area contributed by atoms with E-state index in [1.54, 1.807) is 6.92 Å². The molecule has 4 nitrogen and oxygen atoms in total. The van der Waals surface area contributed by atoms with Crippen LogP contribution in [0.15, 0.2) is 0 Å². The fourth-order valence-electron chi connectivity index (χ4n) is 0.808. The van der Waals surface area contributed by atoms with Crippen LogP contribution < -0.4 is 5.73 Å². The van der Waals surface area contributed by atoms with Gasteiger partial charge in [-0.2, -0.15) is 0 Å². The van der Waals surface area contributed by atoms with E-state index in [1.165, 1.54) is 21.3 Å². The van der Waals surface area contributed by atoms with Gasteiger partial charge in [0.1, 0.15) is 0 Å². The van der Waals surface area contributed by atoms with E-state index in [9.17, 15) is 0 Å². The van der Waals surface area contributed by atoms with Gasteiger partial charge in [-0.3, -0.25) is 0 Å². The molecule has 0 rings (SSSR count). The summed E-state index contributed by atoms with van der Waals surface area (Å²) < 4.78 is 14.8. The van der Waals surface area contributed by atoms with Crippen molar-refractivity contribution in [3.8, 4) is 0 Å². The van der Waals surface area contributed by atoms with Crippen LogP contribution in [0.5, 0.6) is 0 Å². The summed E-state index contributed by atoms with van der Waals surface area (Å²) in [5, 5.41) is 0. The summed E-state index contributed by atoms with van der Waals surface area (Å²) in [4.78, 5) is 0. The first-order valence-corrected chi connectivity index (χ1v) is 3.04. The zero-order chi connectivity index (χ0) is 8.20. The summed E-state index contributed by atoms with van der Waals surface area (Å²) in [6, 6.07) is -0.326. The van der Waals surface area contributed by atoms with Gasteiger partial charge in [0.15, 0.2) is 0 Å². The third kappa shape index (κ3) is 1.67. The molecule has 0 radical (unpaired) electrons. The number of methoxy groups -OCH3 is 3. The second-order valence-corrected chi connectivity index (χ2v) is 2.00. The van der Waals surface area contributed by atoms with Crippen LogP contribution in [0.2, 0.25) is 0 Å². The van der Waals surface area contributed by atoms with Crippen molar-refractivity contribution in [2.75, 3.05) is 21.3 Å². The zero-order valence-corrected chi connectivity index (χ0v) is 6.88. The van der Waals surface area contributed by atoms with Crippen molar-refractivity contribution in [2.45, 2.75) is 18.9 Å². The molecule has 0 aliphatic carbocycles. The molecule has 0 saturated heterocycles. The van der Waals surface area contributed by atoms with Gasteiger partial charge in [-0.05, 0) is 6.92 Å². The Hall–Kier alpha value is -0.160. The lowest BCUT2D eigenvalue weighted by Crippen LogP contribution is -2.50. The van der Waals surface area contributed by atoms with E-state index in [-0.39, 0.29) is 6.04 Å². The molecule has 0 aromatic carbocycles. The van der Waals surface area contributed by atoms with Crippen molar-refractivity contribution in [1.82, 2.24) is 0 Å². The molecule has 62 valence electrons. The lowest BCUT2D eigenvalue weighted by Gasteiger charge is -2.31. The lowest BCUT2D eigenvalue weighted by molar-refractivity contribution is -0.359. The molecule has 0 spiro atoms. The van der Waals surface area contributed by atoms with Gasteiger partial charge in [0.05, 0.1) is 6.04 Å². The van der Waals surface area contributed by atoms with Crippen molar-refractivity contribution in [1.29, 1.82) is 0 Å². The van der Waals surface area contributed by atoms with E-state index < -0.39 is 5.97 Å². The summed E-state index contributed by atoms with van der Waals surface area (Å²) in [6.45, 7) is 1.75. The molecule has 0 amide bonds. The minimum absolute atomic E-state index is 0.326. The maximum atomic E-state index is 5.53. The number of nitrogens with two attached hydrogens (primary N) is 1. The van der Waals surface area contributed by atoms with Gasteiger partial charge >= 0.3 is 0 Å². The van der Waals surface area contributed by atoms with Crippen LogP contribution in [-0.4, -0.2) is 33.3 Å². The first kappa shape index (κ1) is 9.84. The molecule has 10 heavy (non-hydrogen) atoms. The highest BCUT2D eigenvalue weighted by Gasteiger charge is 2.34. The van der Waals surface area contributed by atoms with Crippen molar-refractivity contribution in [3.63, 3.8) is 0 Å². The molecule has 1 atom stereocenters. The molecule has 0 fully saturated rings. The van der Waals surface area contributed by atoms with Crippen molar-refractivity contribution >= 4 is 0 Å². The Morgan fingerprint density at radius 3 is 1.40 bits per heavy atom. The molecule has 0 aliphatic rings. The van der Waals surface area contributed by atoms with Gasteiger partial charge in [0.2, 0.25) is 0 Å². The maximum absolute atomic E-state index is 5.53. The van der Waals surface area contributed by atoms with E-state index in [1.807, 2.05) is 0 Å². The van der Waals surface area contributed by atoms with Crippen molar-refractivity contribution in [3.05, 3.63) is 0 Å². The molecule has 2 N–H and O–H groups in total. The molecule has 0 aromatic rings. The first-order valence-electron chi connectivity index (χ1n) is 3.04. The molecule has 1 unspecified atom stereocenters. The molecule has 0 aromatic heterocycles. The van der Waals surface area contributed by atoms with Crippen LogP contribution in [0.25, 0.3) is 0 Å². The third-order valence-corrected chi connectivity index (χ3v) is 1.41. The normalized spacial score (nSPS) is 15.3. The minimum atomic E-state index is -1.10. The van der Waals surface area contributed by atoms with Gasteiger partial charge < -0.3 is 19.9 Å². The van der Waals surface area contributed by atoms with E-state index in [4.69, 9.17) is 19.9 Å². The highest BCUT2D eigenvalue weighted by atomic mass is 16.9. The summed E-state index contributed by atoms with van der Waals surface area (Å²) >= 11 is 0. The van der Waals surface area contributed by atoms with Gasteiger partial charge in [-0.1, -0.05) is 0 Å². The number of rotatable bonds is 4. The standard InChI is InChI=1S/C6H15NO3/c1-5(7)6(8-2,9-3)10-4/h5H,7H2,1-4H3. The second-order valence-electron chi connectivity index (χ2n) is 2.00. The summed E-state index contributed by atoms with van der Waals surface area (Å²) in [5.74, 6) is -1.10. The fraction of sp³-hybridized carbons (Fsp3) is 1.00. The Morgan fingerprint density at radius 2 is 1.40 bits per heavy atom. The van der Waals surface area contributed by atoms with Gasteiger partial charge in [-0.15, -0.1) is 0 Å². The SMILES string of the molecule is COC(OC)(OC)C(C)N. The summed E-state index contributed by atoms with van der Waals surface area (Å²) in [7, 11) is 4.45. The highest BCUT2D eigenvalue weighted by Crippen LogP contribution is 2.14. The van der Waals surface area contributed by atoms with E-state index in [0.29, 0.717) is 0 Å². The topological polar surface area (TPSA) is 53.7 Å². The Labute approximate surface area is 61.2 Å². The first-order chi connectivity index (χ1) is 4.63. The molecular weight excluding hydrogens is 134 g/mol. The van der Waals surface area contributed by atoms with E-state index in [2.05, 4.69) is 0 Å². The predicted molar refractivity (Wildman–Crippen MR) is 37.4 cm³/mol. The van der Waals surface area contributed by atoms with Crippen LogP contribution in [0.4, 0.5) is 0 Å². The summed E-state index contributed by atoms with van der Waals surface area (Å²) in [5.41, 5.74) is 5.53. The second kappa shape index (κ2) is 3.88. The van der Waals surface area contributed by atoms with Crippen LogP contribution in [0, 0.1) is 0 Å². The van der Waals surface area contributed by atoms with Gasteiger partial charge in [0.25, 0.3) is 5.97 Å². The lowest BCUT2D eigenvalue weighted by atomic mass is 10.3. The number of hydrogen-bond donors (Lipinski definition) is 1. The third-order valence-electron chi connectivity index (χ3n) is 1.41. The van der Waals surface area contributed by atoms with Gasteiger partial charge in [0, 0.05) is 21.3 Å². The monoisotopic (exact) mass is 149 g/mol. The van der Waals surface area contributed by atoms with Crippen molar-refractivity contribution < 1.29 is 14.2 Å². The van der Waals surface area contributed by atoms with Crippen LogP contribution in [-0.2, 0) is 14.2 Å². The Bertz CT molecular complexity index is 82.7. The average Bonchev–Trinajstić information content (AvgIpc) is 1.92. The Balaban J connectivity index is 4.15. The summed E-state index contributed by atoms with van der Waals surface area (Å²) in [6.07, 6.45) is 0. The maximum Gasteiger partial charge on any atom is 0.297 e. The molecule has 4 heteroatoms. The predicted octanol–water partition coefficient (Wildman–Crippen LogP) is -0.0734. The average molecular weight is 149 g/mol. The zero-order valence-electron chi connectivity index (χ0n) is 6.88. The minimum Gasteiger partial charge on any atom is -0.330 e. The van der Waals surface area contributed by atoms with E-state index in [0.717, 1.165) is 0 Å². The molecule has 0 bridgehead atoms. The largest absolute Gasteiger partial charge is 0.330 e.